The lowest BCUT2D eigenvalue weighted by molar-refractivity contribution is -0.165. The maximum atomic E-state index is 12.5. The van der Waals surface area contributed by atoms with Crippen LogP contribution in [0.4, 0.5) is 4.79 Å². The molecule has 15 nitrogen and oxygen atoms in total. The molecule has 0 spiro atoms. The summed E-state index contributed by atoms with van der Waals surface area (Å²) in [5, 5.41) is 2.72. The molecule has 0 aromatic carbocycles. The molecule has 7 aliphatic rings. The first-order valence-electron chi connectivity index (χ1n) is 32.2. The highest BCUT2D eigenvalue weighted by molar-refractivity contribution is 5.95. The monoisotopic (exact) mass is 1140 g/mol. The summed E-state index contributed by atoms with van der Waals surface area (Å²) in [6.45, 7) is 66.5. The van der Waals surface area contributed by atoms with Crippen molar-refractivity contribution < 1.29 is 33.6 Å². The van der Waals surface area contributed by atoms with E-state index in [9.17, 15) is 33.6 Å². The number of hydrogen-bond donors (Lipinski definition) is 1. The number of carbonyl (C=O) groups excluding carboxylic acids is 7. The molecule has 0 aromatic rings. The van der Waals surface area contributed by atoms with Crippen LogP contribution in [-0.4, -0.2) is 169 Å². The van der Waals surface area contributed by atoms with Gasteiger partial charge in [-0.25, -0.2) is 4.79 Å². The maximum Gasteiger partial charge on any atom is 0.320 e. The lowest BCUT2D eigenvalue weighted by Crippen LogP contribution is -2.61. The predicted molar refractivity (Wildman–Crippen MR) is 340 cm³/mol. The van der Waals surface area contributed by atoms with Crippen molar-refractivity contribution in [2.75, 3.05) is 39.3 Å². The molecule has 0 aromatic heterocycles. The van der Waals surface area contributed by atoms with Gasteiger partial charge in [-0.1, -0.05) is 118 Å². The number of nitrogens with zero attached hydrogens (tertiary/aromatic N) is 7. The van der Waals surface area contributed by atoms with Gasteiger partial charge in [0.05, 0.1) is 12.0 Å². The molecule has 1 unspecified atom stereocenters. The van der Waals surface area contributed by atoms with Crippen LogP contribution in [0.5, 0.6) is 0 Å². The van der Waals surface area contributed by atoms with Crippen molar-refractivity contribution in [2.24, 2.45) is 23.2 Å². The first-order valence-corrected chi connectivity index (χ1v) is 32.2. The van der Waals surface area contributed by atoms with E-state index < -0.39 is 0 Å². The number of likely N-dealkylation sites (tertiary alicyclic amines) is 1. The van der Waals surface area contributed by atoms with Gasteiger partial charge in [-0.15, -0.1) is 0 Å². The van der Waals surface area contributed by atoms with Crippen molar-refractivity contribution in [1.82, 2.24) is 39.6 Å². The van der Waals surface area contributed by atoms with Gasteiger partial charge in [0.1, 0.15) is 19.1 Å². The molecule has 8 amide bonds. The van der Waals surface area contributed by atoms with Gasteiger partial charge in [0.15, 0.2) is 0 Å². The van der Waals surface area contributed by atoms with Crippen molar-refractivity contribution in [3.05, 3.63) is 0 Å². The van der Waals surface area contributed by atoms with Gasteiger partial charge >= 0.3 is 6.03 Å². The molecule has 1 N–H and O–H groups in total. The van der Waals surface area contributed by atoms with E-state index in [-0.39, 0.29) is 84.8 Å². The SMILES string of the molecule is CC.CC.CC.CC.CC.CC(C)C.CC(C)C1NC(=O)CN(C(C)C)C1=O.CC(C)N1C(=O)C2(C(C)C)CCC1CC2.CC(C)N1CC(=O)N(C(C)C)CC1=O.CC(C)N1CCCCC1=O.CC(C)N1CCCN(C(C)C)C1=O. The molecule has 6 heterocycles. The Morgan fingerprint density at radius 1 is 0.412 bits per heavy atom. The number of piperidine rings is 3. The van der Waals surface area contributed by atoms with Gasteiger partial charge in [-0.3, -0.25) is 28.8 Å². The fourth-order valence-corrected chi connectivity index (χ4v) is 9.78. The van der Waals surface area contributed by atoms with Crippen LogP contribution in [0.1, 0.15) is 266 Å². The van der Waals surface area contributed by atoms with E-state index >= 15 is 0 Å². The van der Waals surface area contributed by atoms with Gasteiger partial charge in [0, 0.05) is 74.4 Å². The zero-order chi connectivity index (χ0) is 64.1. The number of rotatable bonds is 9. The molecule has 6 aliphatic heterocycles. The van der Waals surface area contributed by atoms with E-state index in [1.165, 1.54) is 19.3 Å². The van der Waals surface area contributed by atoms with E-state index in [2.05, 4.69) is 100 Å². The summed E-state index contributed by atoms with van der Waals surface area (Å²) < 4.78 is 0. The third-order valence-electron chi connectivity index (χ3n) is 14.1. The number of nitrogens with one attached hydrogen (secondary N) is 1. The topological polar surface area (TPSA) is 154 Å². The first-order chi connectivity index (χ1) is 37.3. The van der Waals surface area contributed by atoms with Gasteiger partial charge in [0.25, 0.3) is 0 Å². The van der Waals surface area contributed by atoms with Crippen molar-refractivity contribution >= 4 is 41.5 Å². The Kier molecular flexibility index (Phi) is 48.4. The van der Waals surface area contributed by atoms with Crippen LogP contribution in [0.3, 0.4) is 0 Å². The van der Waals surface area contributed by atoms with Crippen LogP contribution in [0.25, 0.3) is 0 Å². The van der Waals surface area contributed by atoms with E-state index in [1.54, 1.807) is 14.7 Å². The van der Waals surface area contributed by atoms with Gasteiger partial charge in [-0.05, 0) is 160 Å². The molecule has 80 heavy (non-hydrogen) atoms. The van der Waals surface area contributed by atoms with Crippen LogP contribution in [0, 0.1) is 23.2 Å². The highest BCUT2D eigenvalue weighted by atomic mass is 16.2. The van der Waals surface area contributed by atoms with E-state index in [0.717, 1.165) is 57.7 Å². The summed E-state index contributed by atoms with van der Waals surface area (Å²) in [5.41, 5.74) is -0.0149. The second kappa shape index (κ2) is 45.6. The molecule has 1 saturated carbocycles. The number of fused-ring (bicyclic) bond motifs is 3. The zero-order valence-corrected chi connectivity index (χ0v) is 58.3. The fourth-order valence-electron chi connectivity index (χ4n) is 9.78. The Morgan fingerprint density at radius 3 is 1.05 bits per heavy atom. The second-order valence-electron chi connectivity index (χ2n) is 23.5. The predicted octanol–water partition coefficient (Wildman–Crippen LogP) is 13.8. The molecule has 7 rings (SSSR count). The smallest absolute Gasteiger partial charge is 0.320 e. The molecular weight excluding hydrogens is 1000 g/mol. The van der Waals surface area contributed by atoms with Gasteiger partial charge in [-0.2, -0.15) is 0 Å². The fraction of sp³-hybridized carbons (Fsp3) is 0.892. The minimum absolute atomic E-state index is 0.0149. The lowest BCUT2D eigenvalue weighted by Gasteiger charge is -2.55. The summed E-state index contributed by atoms with van der Waals surface area (Å²) in [4.78, 5) is 94.9. The highest BCUT2D eigenvalue weighted by Crippen LogP contribution is 2.50. The minimum Gasteiger partial charge on any atom is -0.343 e. The molecule has 2 bridgehead atoms. The average Bonchev–Trinajstić information content (AvgIpc) is 3.40. The number of piperazine rings is 2. The van der Waals surface area contributed by atoms with Crippen molar-refractivity contribution in [3.63, 3.8) is 0 Å². The Morgan fingerprint density at radius 2 is 0.762 bits per heavy atom. The van der Waals surface area contributed by atoms with Crippen LogP contribution in [0.15, 0.2) is 0 Å². The number of amides is 8. The molecule has 0 radical (unpaired) electrons. The third kappa shape index (κ3) is 28.9. The number of urea groups is 1. The average molecular weight is 1140 g/mol. The second-order valence-corrected chi connectivity index (χ2v) is 23.5. The Bertz CT molecular complexity index is 1600. The maximum absolute atomic E-state index is 12.5. The number of carbonyl (C=O) groups is 7. The summed E-state index contributed by atoms with van der Waals surface area (Å²) in [7, 11) is 0. The Hall–Kier alpha value is -3.91. The van der Waals surface area contributed by atoms with E-state index in [0.29, 0.717) is 47.9 Å². The Balaban J connectivity index is -0.000000278. The quantitative estimate of drug-likeness (QED) is 0.241. The van der Waals surface area contributed by atoms with Gasteiger partial charge in [0.2, 0.25) is 35.4 Å². The normalized spacial score (nSPS) is 20.5. The standard InChI is InChI=1S/C13H23NO.2C10H18N2O2.C10H20N2O.C8H15NO.C4H10.5C2H6/c1-9(2)13-7-5-11(6-8-13)14(10(3)4)12(13)15;1-7(2)11-5-10(14)12(8(3)4)6-9(11)13;1-6(2)9-10(14)12(7(3)4)5-8(13)11-9;1-8(2)11-6-5-7-12(9(3)4)10(11)13;1-7(2)9-6-4-3-5-8(9)10;1-4(2)3;5*1-2/h9-11H,5-8H2,1-4H3;7-8H,5-6H2,1-4H3;6-7,9H,5H2,1-4H3,(H,11,13);8-9H,5-7H2,1-4H3;7H,3-6H2,1-2H3;4H,1-3H3;5*1-2H3. The summed E-state index contributed by atoms with van der Waals surface area (Å²) in [6, 6.07) is 2.14. The summed E-state index contributed by atoms with van der Waals surface area (Å²) >= 11 is 0. The van der Waals surface area contributed by atoms with Crippen LogP contribution < -0.4 is 5.32 Å². The van der Waals surface area contributed by atoms with Crippen LogP contribution in [0.2, 0.25) is 0 Å². The zero-order valence-electron chi connectivity index (χ0n) is 58.3. The summed E-state index contributed by atoms with van der Waals surface area (Å²) in [6.07, 6.45) is 8.82. The van der Waals surface area contributed by atoms with Crippen molar-refractivity contribution in [3.8, 4) is 0 Å². The largest absolute Gasteiger partial charge is 0.343 e. The molecule has 476 valence electrons. The molecule has 1 aliphatic carbocycles. The Labute approximate surface area is 495 Å². The summed E-state index contributed by atoms with van der Waals surface area (Å²) in [5.74, 6) is 2.32. The van der Waals surface area contributed by atoms with Crippen molar-refractivity contribution in [2.45, 2.75) is 320 Å². The molecule has 7 fully saturated rings. The third-order valence-corrected chi connectivity index (χ3v) is 14.1. The van der Waals surface area contributed by atoms with Crippen LogP contribution in [-0.2, 0) is 28.8 Å². The van der Waals surface area contributed by atoms with Gasteiger partial charge < -0.3 is 39.6 Å². The highest BCUT2D eigenvalue weighted by Gasteiger charge is 2.53. The molecule has 15 heteroatoms. The minimum atomic E-state index is -0.348. The molecule has 6 saturated heterocycles. The van der Waals surface area contributed by atoms with E-state index in [1.807, 2.05) is 139 Å². The lowest BCUT2D eigenvalue weighted by atomic mass is 9.61. The van der Waals surface area contributed by atoms with Crippen molar-refractivity contribution in [1.29, 1.82) is 0 Å². The first kappa shape index (κ1) is 84.9. The number of hydrogen-bond acceptors (Lipinski definition) is 7. The molecule has 1 atom stereocenters. The molecular formula is C65H134N8O7. The van der Waals surface area contributed by atoms with E-state index in [4.69, 9.17) is 0 Å². The van der Waals surface area contributed by atoms with Crippen LogP contribution >= 0.6 is 0 Å².